The Labute approximate surface area is 291 Å². The molecule has 4 aromatic rings. The molecule has 0 amide bonds. The summed E-state index contributed by atoms with van der Waals surface area (Å²) < 4.78 is 7.32. The van der Waals surface area contributed by atoms with Crippen LogP contribution in [0.2, 0.25) is 0 Å². The molecule has 1 atom stereocenters. The molecule has 0 saturated heterocycles. The van der Waals surface area contributed by atoms with Crippen LogP contribution in [-0.2, 0) is 62.0 Å². The molecule has 4 aromatic heterocycles. The second-order valence-corrected chi connectivity index (χ2v) is 10.7. The maximum Gasteiger partial charge on any atom is 0.246 e. The van der Waals surface area contributed by atoms with E-state index in [1.807, 2.05) is 131 Å². The first-order valence-electron chi connectivity index (χ1n) is 14.6. The Morgan fingerprint density at radius 1 is 0.660 bits per heavy atom. The molecule has 0 saturated carbocycles. The third-order valence-corrected chi connectivity index (χ3v) is 7.41. The predicted molar refractivity (Wildman–Crippen MR) is 168 cm³/mol. The average molecular weight is 741 g/mol. The molecule has 0 spiro atoms. The van der Waals surface area contributed by atoms with Crippen LogP contribution in [-0.4, -0.2) is 78.8 Å². The van der Waals surface area contributed by atoms with Gasteiger partial charge in [-0.25, -0.2) is 23.3 Å². The summed E-state index contributed by atoms with van der Waals surface area (Å²) in [4.78, 5) is 17.0. The summed E-state index contributed by atoms with van der Waals surface area (Å²) in [6.07, 6.45) is 18.8. The van der Waals surface area contributed by atoms with Crippen molar-refractivity contribution < 1.29 is 51.9 Å². The number of rotatable bonds is 12. The van der Waals surface area contributed by atoms with Gasteiger partial charge in [-0.05, 0) is 43.6 Å². The molecule has 15 heteroatoms. The fourth-order valence-corrected chi connectivity index (χ4v) is 4.97. The van der Waals surface area contributed by atoms with E-state index in [0.29, 0.717) is 26.2 Å². The average Bonchev–Trinajstić information content (AvgIpc) is 3.87. The topological polar surface area (TPSA) is 137 Å². The number of hydrogen-bond acceptors (Lipinski definition) is 10. The van der Waals surface area contributed by atoms with Crippen LogP contribution < -0.4 is 9.13 Å². The van der Waals surface area contributed by atoms with Crippen molar-refractivity contribution in [2.75, 3.05) is 13.5 Å². The van der Waals surface area contributed by atoms with Gasteiger partial charge >= 0.3 is 0 Å². The summed E-state index contributed by atoms with van der Waals surface area (Å²) in [7, 11) is 0. The molecule has 2 aliphatic rings. The molecule has 0 fully saturated rings. The zero-order chi connectivity index (χ0) is 31.6. The van der Waals surface area contributed by atoms with E-state index in [9.17, 15) is 5.11 Å². The van der Waals surface area contributed by atoms with Gasteiger partial charge in [0.1, 0.15) is 50.8 Å². The zero-order valence-electron chi connectivity index (χ0n) is 26.6. The van der Waals surface area contributed by atoms with E-state index >= 15 is 0 Å². The fraction of sp³-hybridized carbons (Fsp3) is 0.312. The number of hydrogen-bond donors (Lipinski definition) is 4. The van der Waals surface area contributed by atoms with E-state index in [1.165, 1.54) is 0 Å². The Kier molecular flexibility index (Phi) is 14.6. The van der Waals surface area contributed by atoms with Gasteiger partial charge in [0, 0.05) is 41.3 Å². The maximum atomic E-state index is 9.26. The molecule has 1 radical (unpaired) electrons. The third kappa shape index (κ3) is 10.5. The van der Waals surface area contributed by atoms with Gasteiger partial charge < -0.3 is 47.5 Å². The molecule has 0 bridgehead atoms. The zero-order valence-corrected chi connectivity index (χ0v) is 28.1. The van der Waals surface area contributed by atoms with Crippen LogP contribution in [0.5, 0.6) is 0 Å². The normalized spacial score (nSPS) is 15.0. The number of aromatic nitrogens is 6. The molecule has 47 heavy (non-hydrogen) atoms. The number of nitrogens with zero attached hydrogens (tertiary/aromatic N) is 10. The standard InChI is InChI=1S/C16H22N5O2.C15H19N5O2.CH3.Ag/c1-14-20(7-8-21(14)13-23)10-16-4-2-3-15(17-16)9-18-5-6-19(11-18)12-22;21-12-19-6-4-17(10-19)8-14-2-1-3-15(16-14)9-18-5-7-20(11-18)13-22;;/h2-8,11,14,22-23H,9-10,12-13H2,1H3;1-7,10-11,21-22H,8-9,12-13H2;1H3;/q-1;+2;-1;. The number of pyridine rings is 2. The minimum atomic E-state index is -0.0288. The van der Waals surface area contributed by atoms with Gasteiger partial charge in [0.2, 0.25) is 12.7 Å². The summed E-state index contributed by atoms with van der Waals surface area (Å²) in [5, 5.41) is 36.5. The van der Waals surface area contributed by atoms with Gasteiger partial charge in [-0.2, -0.15) is 6.67 Å². The van der Waals surface area contributed by atoms with Crippen molar-refractivity contribution >= 4 is 0 Å². The van der Waals surface area contributed by atoms with Crippen LogP contribution >= 0.6 is 0 Å². The van der Waals surface area contributed by atoms with E-state index in [2.05, 4.69) is 9.88 Å². The first-order valence-corrected chi connectivity index (χ1v) is 14.6. The van der Waals surface area contributed by atoms with Crippen LogP contribution in [0.25, 0.3) is 0 Å². The van der Waals surface area contributed by atoms with Crippen LogP contribution in [0.4, 0.5) is 0 Å². The largest absolute Gasteiger partial charge is 0.503 e. The van der Waals surface area contributed by atoms with E-state index in [0.717, 1.165) is 22.8 Å². The molecule has 14 nitrogen and oxygen atoms in total. The molecule has 0 aliphatic carbocycles. The monoisotopic (exact) mass is 739 g/mol. The smallest absolute Gasteiger partial charge is 0.246 e. The van der Waals surface area contributed by atoms with E-state index in [1.54, 1.807) is 14.0 Å². The van der Waals surface area contributed by atoms with Crippen molar-refractivity contribution in [3.05, 3.63) is 136 Å². The van der Waals surface area contributed by atoms with E-state index < -0.39 is 0 Å². The Morgan fingerprint density at radius 3 is 1.66 bits per heavy atom. The molecular weight excluding hydrogens is 696 g/mol. The Bertz CT molecular complexity index is 1520. The van der Waals surface area contributed by atoms with Crippen molar-refractivity contribution in [2.45, 2.75) is 52.7 Å². The van der Waals surface area contributed by atoms with Crippen LogP contribution in [0, 0.1) is 14.1 Å². The quantitative estimate of drug-likeness (QED) is 0.0915. The van der Waals surface area contributed by atoms with Crippen LogP contribution in [0.1, 0.15) is 29.7 Å². The van der Waals surface area contributed by atoms with E-state index in [4.69, 9.17) is 20.3 Å². The van der Waals surface area contributed by atoms with Crippen molar-refractivity contribution in [1.29, 1.82) is 0 Å². The van der Waals surface area contributed by atoms with Gasteiger partial charge in [-0.3, -0.25) is 4.98 Å². The molecule has 0 aromatic carbocycles. The van der Waals surface area contributed by atoms with Crippen LogP contribution in [0.3, 0.4) is 0 Å². The molecule has 4 N–H and O–H groups in total. The Balaban J connectivity index is 0.000000245. The van der Waals surface area contributed by atoms with Crippen LogP contribution in [0.15, 0.2) is 98.6 Å². The summed E-state index contributed by atoms with van der Waals surface area (Å²) >= 11 is 0. The van der Waals surface area contributed by atoms with Gasteiger partial charge in [0.25, 0.3) is 0 Å². The Morgan fingerprint density at radius 2 is 1.17 bits per heavy atom. The number of aliphatic hydroxyl groups excluding tert-OH is 4. The fourth-order valence-electron chi connectivity index (χ4n) is 4.97. The molecule has 257 valence electrons. The Hall–Kier alpha value is -4.02. The van der Waals surface area contributed by atoms with Crippen molar-refractivity contribution in [1.82, 2.24) is 38.7 Å². The van der Waals surface area contributed by atoms with Crippen molar-refractivity contribution in [3.63, 3.8) is 0 Å². The molecule has 1 unspecified atom stereocenters. The third-order valence-electron chi connectivity index (χ3n) is 7.41. The minimum Gasteiger partial charge on any atom is -0.503 e. The van der Waals surface area contributed by atoms with Crippen molar-refractivity contribution in [2.24, 2.45) is 0 Å². The number of imidazole rings is 2. The van der Waals surface area contributed by atoms with Gasteiger partial charge in [-0.15, -0.1) is 0 Å². The maximum absolute atomic E-state index is 9.26. The predicted octanol–water partition coefficient (Wildman–Crippen LogP) is 0.328. The van der Waals surface area contributed by atoms with Gasteiger partial charge in [0.05, 0.1) is 36.1 Å². The molecule has 2 aliphatic heterocycles. The van der Waals surface area contributed by atoms with Gasteiger partial charge in [0.15, 0.2) is 13.5 Å². The second-order valence-electron chi connectivity index (χ2n) is 10.7. The number of aliphatic hydroxyl groups is 4. The summed E-state index contributed by atoms with van der Waals surface area (Å²) in [6, 6.07) is 12.0. The molecular formula is C32H44AgN10O4. The second kappa shape index (κ2) is 18.4. The SMILES string of the molecule is CC1N(CO)C=CN1Cc1cccc(CN2C=CN(CO)[CH-]2)n1.OCn1cc[n+](Cc2cccc(C[n+]3ccn(CO)c3)n2)c1.[Ag].[CH3-]. The molecule has 6 rings (SSSR count). The summed E-state index contributed by atoms with van der Waals surface area (Å²) in [5.74, 6) is 0. The van der Waals surface area contributed by atoms with Gasteiger partial charge in [-0.1, -0.05) is 12.1 Å². The first kappa shape index (κ1) is 37.4. The summed E-state index contributed by atoms with van der Waals surface area (Å²) in [5.41, 5.74) is 3.87. The summed E-state index contributed by atoms with van der Waals surface area (Å²) in [6.45, 7) is 6.50. The first-order chi connectivity index (χ1) is 22.0. The minimum absolute atomic E-state index is 0. The molecule has 6 heterocycles. The van der Waals surface area contributed by atoms with Crippen molar-refractivity contribution in [3.8, 4) is 0 Å². The van der Waals surface area contributed by atoms with E-state index in [-0.39, 0.29) is 62.9 Å².